The highest BCUT2D eigenvalue weighted by Gasteiger charge is 2.49. The Bertz CT molecular complexity index is 1590. The highest BCUT2D eigenvalue weighted by atomic mass is 19.4. The molecule has 3 aliphatic heterocycles. The summed E-state index contributed by atoms with van der Waals surface area (Å²) in [5.41, 5.74) is 8.17. The topological polar surface area (TPSA) is 89.0 Å². The van der Waals surface area contributed by atoms with E-state index in [-0.39, 0.29) is 11.8 Å². The molecule has 0 aliphatic carbocycles. The number of ether oxygens (including phenoxy) is 1. The van der Waals surface area contributed by atoms with Crippen LogP contribution < -0.4 is 5.73 Å². The second kappa shape index (κ2) is 8.54. The van der Waals surface area contributed by atoms with Crippen molar-refractivity contribution in [2.75, 3.05) is 18.9 Å². The van der Waals surface area contributed by atoms with Crippen molar-refractivity contribution in [1.29, 1.82) is 0 Å². The largest absolute Gasteiger partial charge is 0.416 e. The van der Waals surface area contributed by atoms with Crippen molar-refractivity contribution in [2.45, 2.75) is 49.4 Å². The lowest BCUT2D eigenvalue weighted by atomic mass is 9.90. The number of carbonyl (C=O) groups is 1. The minimum Gasteiger partial charge on any atom is -0.382 e. The molecule has 2 aromatic heterocycles. The van der Waals surface area contributed by atoms with Gasteiger partial charge in [0.1, 0.15) is 28.5 Å². The highest BCUT2D eigenvalue weighted by Crippen LogP contribution is 2.47. The number of hydrogen-bond donors (Lipinski definition) is 1. The number of alkyl halides is 3. The van der Waals surface area contributed by atoms with Gasteiger partial charge in [-0.05, 0) is 42.5 Å². The molecule has 10 heteroatoms. The molecule has 39 heavy (non-hydrogen) atoms. The van der Waals surface area contributed by atoms with Crippen LogP contribution in [0.1, 0.15) is 54.1 Å². The van der Waals surface area contributed by atoms with E-state index in [2.05, 4.69) is 4.98 Å². The average Bonchev–Trinajstić information content (AvgIpc) is 3.54. The predicted molar refractivity (Wildman–Crippen MR) is 138 cm³/mol. The molecule has 7 rings (SSSR count). The molecule has 3 fully saturated rings. The summed E-state index contributed by atoms with van der Waals surface area (Å²) in [6.07, 6.45) is 2.50. The summed E-state index contributed by atoms with van der Waals surface area (Å²) >= 11 is 0. The maximum absolute atomic E-state index is 13.3. The first-order chi connectivity index (χ1) is 18.7. The highest BCUT2D eigenvalue weighted by molar-refractivity contribution is 5.85. The molecular formula is C29H26F3N5O2. The summed E-state index contributed by atoms with van der Waals surface area (Å²) in [7, 11) is 0. The number of epoxide rings is 1. The normalized spacial score (nSPS) is 24.8. The summed E-state index contributed by atoms with van der Waals surface area (Å²) < 4.78 is 47.7. The fourth-order valence-corrected chi connectivity index (χ4v) is 6.27. The van der Waals surface area contributed by atoms with Gasteiger partial charge in [-0.25, -0.2) is 9.97 Å². The third kappa shape index (κ3) is 3.88. The Morgan fingerprint density at radius 1 is 1.05 bits per heavy atom. The van der Waals surface area contributed by atoms with E-state index in [4.69, 9.17) is 15.5 Å². The van der Waals surface area contributed by atoms with E-state index in [1.807, 2.05) is 39.8 Å². The zero-order valence-electron chi connectivity index (χ0n) is 21.0. The fraction of sp³-hybridized carbons (Fsp3) is 0.345. The number of imidazole rings is 1. The number of hydrogen-bond acceptors (Lipinski definition) is 5. The lowest BCUT2D eigenvalue weighted by Gasteiger charge is -2.34. The third-order valence-corrected chi connectivity index (χ3v) is 8.41. The van der Waals surface area contributed by atoms with Gasteiger partial charge in [-0.2, -0.15) is 13.2 Å². The molecule has 2 aromatic carbocycles. The SMILES string of the molecule is Nc1nccn2c([C@@H]3CC[C@H]4CCC(=O)N4C3)nc(-c3ccc([C@@]4(c5cccc(C(F)(F)F)c5)CO4)cc3)c12. The molecule has 0 spiro atoms. The number of carbonyl (C=O) groups excluding carboxylic acids is 1. The molecular weight excluding hydrogens is 507 g/mol. The van der Waals surface area contributed by atoms with Gasteiger partial charge in [-0.3, -0.25) is 9.20 Å². The van der Waals surface area contributed by atoms with Crippen LogP contribution in [0.15, 0.2) is 60.9 Å². The van der Waals surface area contributed by atoms with Crippen molar-refractivity contribution < 1.29 is 22.7 Å². The summed E-state index contributed by atoms with van der Waals surface area (Å²) in [5.74, 6) is 1.49. The fourth-order valence-electron chi connectivity index (χ4n) is 6.27. The second-order valence-electron chi connectivity index (χ2n) is 10.6. The molecule has 3 saturated heterocycles. The van der Waals surface area contributed by atoms with Crippen molar-refractivity contribution in [3.05, 3.63) is 83.4 Å². The number of nitrogen functional groups attached to an aromatic ring is 1. The van der Waals surface area contributed by atoms with Crippen LogP contribution in [0.2, 0.25) is 0 Å². The van der Waals surface area contributed by atoms with Gasteiger partial charge in [0.2, 0.25) is 5.91 Å². The zero-order chi connectivity index (χ0) is 26.9. The second-order valence-corrected chi connectivity index (χ2v) is 10.6. The van der Waals surface area contributed by atoms with Crippen LogP contribution in [0.3, 0.4) is 0 Å². The van der Waals surface area contributed by atoms with Gasteiger partial charge in [0.25, 0.3) is 0 Å². The first kappa shape index (κ1) is 24.1. The van der Waals surface area contributed by atoms with E-state index in [1.165, 1.54) is 6.07 Å². The van der Waals surface area contributed by atoms with Crippen molar-refractivity contribution in [2.24, 2.45) is 0 Å². The van der Waals surface area contributed by atoms with Crippen LogP contribution in [0.5, 0.6) is 0 Å². The first-order valence-corrected chi connectivity index (χ1v) is 13.1. The van der Waals surface area contributed by atoms with Gasteiger partial charge in [0, 0.05) is 42.9 Å². The lowest BCUT2D eigenvalue weighted by Crippen LogP contribution is -2.41. The Morgan fingerprint density at radius 3 is 2.59 bits per heavy atom. The van der Waals surface area contributed by atoms with Gasteiger partial charge >= 0.3 is 6.18 Å². The predicted octanol–water partition coefficient (Wildman–Crippen LogP) is 5.14. The van der Waals surface area contributed by atoms with Crippen LogP contribution in [0.25, 0.3) is 16.8 Å². The van der Waals surface area contributed by atoms with Crippen molar-refractivity contribution >= 4 is 17.2 Å². The van der Waals surface area contributed by atoms with Crippen molar-refractivity contribution in [1.82, 2.24) is 19.3 Å². The molecule has 200 valence electrons. The maximum atomic E-state index is 13.3. The van der Waals surface area contributed by atoms with Gasteiger partial charge in [-0.15, -0.1) is 0 Å². The van der Waals surface area contributed by atoms with Crippen LogP contribution in [-0.2, 0) is 21.3 Å². The van der Waals surface area contributed by atoms with Crippen LogP contribution in [0, 0.1) is 0 Å². The molecule has 0 saturated carbocycles. The van der Waals surface area contributed by atoms with E-state index in [9.17, 15) is 18.0 Å². The monoisotopic (exact) mass is 533 g/mol. The molecule has 5 heterocycles. The van der Waals surface area contributed by atoms with Gasteiger partial charge in [0.15, 0.2) is 0 Å². The summed E-state index contributed by atoms with van der Waals surface area (Å²) in [4.78, 5) is 23.7. The Morgan fingerprint density at radius 2 is 1.85 bits per heavy atom. The standard InChI is InChI=1S/C29H26F3N5O2/c30-29(31,32)21-3-1-2-20(14-21)28(16-39-28)19-7-4-17(5-8-19)24-25-26(33)34-12-13-36(25)27(35-24)18-6-9-22-10-11-23(38)37(22)15-18/h1-5,7-8,12-14,18,22H,6,9-11,15-16H2,(H2,33,34)/t18-,22+,28-/m1/s1. The minimum absolute atomic E-state index is 0.0784. The average molecular weight is 534 g/mol. The number of anilines is 1. The number of amides is 1. The number of fused-ring (bicyclic) bond motifs is 2. The third-order valence-electron chi connectivity index (χ3n) is 8.41. The zero-order valence-corrected chi connectivity index (χ0v) is 21.0. The molecule has 4 aromatic rings. The lowest BCUT2D eigenvalue weighted by molar-refractivity contribution is -0.137. The van der Waals surface area contributed by atoms with E-state index in [0.717, 1.165) is 48.3 Å². The maximum Gasteiger partial charge on any atom is 0.416 e. The van der Waals surface area contributed by atoms with Crippen molar-refractivity contribution in [3.63, 3.8) is 0 Å². The number of nitrogens with zero attached hydrogens (tertiary/aromatic N) is 4. The Balaban J connectivity index is 1.24. The minimum atomic E-state index is -4.43. The Kier molecular flexibility index (Phi) is 5.29. The molecule has 7 nitrogen and oxygen atoms in total. The smallest absolute Gasteiger partial charge is 0.382 e. The molecule has 0 radical (unpaired) electrons. The van der Waals surface area contributed by atoms with E-state index >= 15 is 0 Å². The van der Waals surface area contributed by atoms with Gasteiger partial charge in [-0.1, -0.05) is 36.4 Å². The van der Waals surface area contributed by atoms with E-state index < -0.39 is 17.3 Å². The van der Waals surface area contributed by atoms with Crippen molar-refractivity contribution in [3.8, 4) is 11.3 Å². The number of benzene rings is 2. The quantitative estimate of drug-likeness (QED) is 0.367. The van der Waals surface area contributed by atoms with Crippen LogP contribution in [-0.4, -0.2) is 44.4 Å². The molecule has 3 aliphatic rings. The molecule has 2 N–H and O–H groups in total. The molecule has 0 unspecified atom stereocenters. The summed E-state index contributed by atoms with van der Waals surface area (Å²) in [6, 6.07) is 13.1. The number of aromatic nitrogens is 3. The Labute approximate surface area is 222 Å². The van der Waals surface area contributed by atoms with E-state index in [1.54, 1.807) is 12.3 Å². The van der Waals surface area contributed by atoms with Crippen LogP contribution >= 0.6 is 0 Å². The summed E-state index contributed by atoms with van der Waals surface area (Å²) in [5, 5.41) is 0. The number of halogens is 3. The summed E-state index contributed by atoms with van der Waals surface area (Å²) in [6.45, 7) is 0.944. The Hall–Kier alpha value is -3.92. The molecule has 0 bridgehead atoms. The molecule has 1 amide bonds. The number of piperidine rings is 1. The number of nitrogens with two attached hydrogens (primary N) is 1. The first-order valence-electron chi connectivity index (χ1n) is 13.1. The van der Waals surface area contributed by atoms with E-state index in [0.29, 0.717) is 48.2 Å². The van der Waals surface area contributed by atoms with Gasteiger partial charge < -0.3 is 15.4 Å². The number of rotatable bonds is 4. The molecule has 3 atom stereocenters. The van der Waals surface area contributed by atoms with Crippen LogP contribution in [0.4, 0.5) is 19.0 Å². The van der Waals surface area contributed by atoms with Gasteiger partial charge in [0.05, 0.1) is 12.2 Å².